The molecule has 4 aromatic rings. The SMILES string of the molecule is COc1ccc(CN2C(=O)CC3CCC(N(c4c(N)cnc5[nH]ccc45)S(=O)(=O)c4ccccc4)CC32)c(OC)c1. The number of carbonyl (C=O) groups is 1. The summed E-state index contributed by atoms with van der Waals surface area (Å²) in [6.45, 7) is 0.366. The molecule has 3 atom stereocenters. The number of methoxy groups -OCH3 is 2. The van der Waals surface area contributed by atoms with Crippen LogP contribution < -0.4 is 19.5 Å². The number of anilines is 2. The fourth-order valence-corrected chi connectivity index (χ4v) is 8.14. The summed E-state index contributed by atoms with van der Waals surface area (Å²) in [5.74, 6) is 1.51. The number of sulfonamides is 1. The maximum Gasteiger partial charge on any atom is 0.264 e. The minimum Gasteiger partial charge on any atom is -0.497 e. The lowest BCUT2D eigenvalue weighted by Gasteiger charge is -2.42. The zero-order valence-corrected chi connectivity index (χ0v) is 23.8. The van der Waals surface area contributed by atoms with Gasteiger partial charge in [0.05, 0.1) is 36.7 Å². The quantitative estimate of drug-likeness (QED) is 0.320. The van der Waals surface area contributed by atoms with Gasteiger partial charge in [-0.3, -0.25) is 9.10 Å². The van der Waals surface area contributed by atoms with Crippen LogP contribution in [0.5, 0.6) is 11.5 Å². The lowest BCUT2D eigenvalue weighted by Crippen LogP contribution is -2.49. The third-order valence-corrected chi connectivity index (χ3v) is 10.2. The van der Waals surface area contributed by atoms with Crippen LogP contribution in [-0.4, -0.2) is 55.5 Å². The molecule has 2 aromatic heterocycles. The first-order valence-corrected chi connectivity index (χ1v) is 15.1. The zero-order valence-electron chi connectivity index (χ0n) is 23.0. The molecule has 2 fully saturated rings. The normalized spacial score (nSPS) is 20.7. The van der Waals surface area contributed by atoms with Crippen molar-refractivity contribution >= 4 is 38.3 Å². The molecule has 2 aromatic carbocycles. The van der Waals surface area contributed by atoms with Crippen molar-refractivity contribution in [1.29, 1.82) is 0 Å². The fourth-order valence-electron chi connectivity index (χ4n) is 6.38. The molecule has 1 saturated heterocycles. The molecule has 3 unspecified atom stereocenters. The number of nitrogen functional groups attached to an aromatic ring is 1. The molecule has 3 N–H and O–H groups in total. The number of rotatable bonds is 8. The summed E-state index contributed by atoms with van der Waals surface area (Å²) in [6.07, 6.45) is 5.47. The Morgan fingerprint density at radius 1 is 1.10 bits per heavy atom. The highest BCUT2D eigenvalue weighted by Crippen LogP contribution is 2.45. The minimum atomic E-state index is -4.01. The van der Waals surface area contributed by atoms with Crippen molar-refractivity contribution in [3.05, 3.63) is 72.6 Å². The van der Waals surface area contributed by atoms with Crippen LogP contribution in [-0.2, 0) is 21.4 Å². The van der Waals surface area contributed by atoms with E-state index in [9.17, 15) is 13.2 Å². The number of nitrogens with two attached hydrogens (primary N) is 1. The van der Waals surface area contributed by atoms with E-state index < -0.39 is 16.1 Å². The number of nitrogens with one attached hydrogen (secondary N) is 1. The molecule has 0 bridgehead atoms. The average molecular weight is 576 g/mol. The predicted molar refractivity (Wildman–Crippen MR) is 156 cm³/mol. The Balaban J connectivity index is 1.40. The van der Waals surface area contributed by atoms with Gasteiger partial charge in [-0.05, 0) is 55.5 Å². The number of aromatic nitrogens is 2. The summed E-state index contributed by atoms with van der Waals surface area (Å²) in [5, 5.41) is 0.633. The molecule has 10 nitrogen and oxygen atoms in total. The van der Waals surface area contributed by atoms with Gasteiger partial charge in [-0.15, -0.1) is 0 Å². The Hall–Kier alpha value is -4.25. The molecule has 0 spiro atoms. The van der Waals surface area contributed by atoms with Gasteiger partial charge in [0, 0.05) is 48.3 Å². The van der Waals surface area contributed by atoms with Crippen LogP contribution in [0, 0.1) is 5.92 Å². The first-order valence-electron chi connectivity index (χ1n) is 13.6. The first-order chi connectivity index (χ1) is 19.8. The van der Waals surface area contributed by atoms with Gasteiger partial charge < -0.3 is 25.1 Å². The molecular formula is C30H33N5O5S. The highest BCUT2D eigenvalue weighted by Gasteiger charge is 2.47. The van der Waals surface area contributed by atoms with E-state index in [1.807, 2.05) is 17.0 Å². The number of aromatic amines is 1. The number of benzene rings is 2. The largest absolute Gasteiger partial charge is 0.497 e. The average Bonchev–Trinajstić information content (AvgIpc) is 3.59. The first kappa shape index (κ1) is 26.9. The van der Waals surface area contributed by atoms with Crippen molar-refractivity contribution in [2.24, 2.45) is 5.92 Å². The Bertz CT molecular complexity index is 1690. The third kappa shape index (κ3) is 4.73. The van der Waals surface area contributed by atoms with Gasteiger partial charge >= 0.3 is 0 Å². The van der Waals surface area contributed by atoms with Crippen LogP contribution in [0.1, 0.15) is 31.2 Å². The second-order valence-corrected chi connectivity index (χ2v) is 12.4. The van der Waals surface area contributed by atoms with E-state index >= 15 is 0 Å². The maximum atomic E-state index is 14.4. The van der Waals surface area contributed by atoms with Crippen molar-refractivity contribution in [2.45, 2.75) is 49.2 Å². The fraction of sp³-hybridized carbons (Fsp3) is 0.333. The number of amides is 1. The summed E-state index contributed by atoms with van der Waals surface area (Å²) < 4.78 is 41.1. The highest BCUT2D eigenvalue weighted by molar-refractivity contribution is 7.93. The van der Waals surface area contributed by atoms with Gasteiger partial charge in [0.15, 0.2) is 0 Å². The Kier molecular flexibility index (Phi) is 6.98. The van der Waals surface area contributed by atoms with Crippen LogP contribution in [0.25, 0.3) is 11.0 Å². The minimum absolute atomic E-state index is 0.0624. The third-order valence-electron chi connectivity index (χ3n) is 8.36. The molecule has 1 saturated carbocycles. The Labute approximate surface area is 239 Å². The molecule has 1 amide bonds. The van der Waals surface area contributed by atoms with E-state index in [1.54, 1.807) is 62.9 Å². The number of hydrogen-bond donors (Lipinski definition) is 2. The van der Waals surface area contributed by atoms with E-state index in [1.165, 1.54) is 10.5 Å². The molecule has 1 aliphatic carbocycles. The number of nitrogens with zero attached hydrogens (tertiary/aromatic N) is 3. The molecular weight excluding hydrogens is 542 g/mol. The van der Waals surface area contributed by atoms with Crippen molar-refractivity contribution < 1.29 is 22.7 Å². The molecule has 41 heavy (non-hydrogen) atoms. The number of pyridine rings is 1. The van der Waals surface area contributed by atoms with Crippen LogP contribution >= 0.6 is 0 Å². The van der Waals surface area contributed by atoms with E-state index in [2.05, 4.69) is 9.97 Å². The molecule has 1 aliphatic heterocycles. The van der Waals surface area contributed by atoms with Gasteiger partial charge in [-0.1, -0.05) is 18.2 Å². The maximum absolute atomic E-state index is 14.4. The lowest BCUT2D eigenvalue weighted by molar-refractivity contribution is -0.129. The second-order valence-electron chi connectivity index (χ2n) is 10.6. The van der Waals surface area contributed by atoms with Crippen LogP contribution in [0.15, 0.2) is 71.9 Å². The predicted octanol–water partition coefficient (Wildman–Crippen LogP) is 4.33. The number of likely N-dealkylation sites (tertiary alicyclic amines) is 1. The molecule has 6 rings (SSSR count). The van der Waals surface area contributed by atoms with Crippen molar-refractivity contribution in [1.82, 2.24) is 14.9 Å². The second kappa shape index (κ2) is 10.6. The van der Waals surface area contributed by atoms with Crippen LogP contribution in [0.4, 0.5) is 11.4 Å². The highest BCUT2D eigenvalue weighted by atomic mass is 32.2. The summed E-state index contributed by atoms with van der Waals surface area (Å²) in [4.78, 5) is 22.8. The van der Waals surface area contributed by atoms with Crippen molar-refractivity contribution in [3.63, 3.8) is 0 Å². The summed E-state index contributed by atoms with van der Waals surface area (Å²) in [6, 6.07) is 15.2. The lowest BCUT2D eigenvalue weighted by atomic mass is 9.82. The standard InChI is InChI=1S/C30H33N5O5S/c1-39-22-11-9-20(27(16-22)40-2)18-34-26-15-21(10-8-19(26)14-28(34)36)35(41(37,38)23-6-4-3-5-7-23)29-24-12-13-32-30(24)33-17-25(29)31/h3-7,9,11-13,16-17,19,21,26H,8,10,14-15,18,31H2,1-2H3,(H,32,33). The molecule has 214 valence electrons. The number of hydrogen-bond acceptors (Lipinski definition) is 7. The molecule has 3 heterocycles. The smallest absolute Gasteiger partial charge is 0.264 e. The van der Waals surface area contributed by atoms with Crippen LogP contribution in [0.2, 0.25) is 0 Å². The topological polar surface area (TPSA) is 131 Å². The van der Waals surface area contributed by atoms with E-state index in [0.717, 1.165) is 12.0 Å². The monoisotopic (exact) mass is 575 g/mol. The van der Waals surface area contributed by atoms with E-state index in [-0.39, 0.29) is 28.4 Å². The molecule has 11 heteroatoms. The van der Waals surface area contributed by atoms with Gasteiger partial charge in [0.25, 0.3) is 10.0 Å². The molecule has 2 aliphatic rings. The van der Waals surface area contributed by atoms with Gasteiger partial charge in [0.1, 0.15) is 17.1 Å². The summed E-state index contributed by atoms with van der Waals surface area (Å²) in [7, 11) is -0.820. The number of ether oxygens (including phenoxy) is 2. The zero-order chi connectivity index (χ0) is 28.7. The van der Waals surface area contributed by atoms with E-state index in [4.69, 9.17) is 15.2 Å². The number of carbonyl (C=O) groups excluding carboxylic acids is 1. The summed E-state index contributed by atoms with van der Waals surface area (Å²) >= 11 is 0. The number of fused-ring (bicyclic) bond motifs is 2. The van der Waals surface area contributed by atoms with Gasteiger partial charge in [-0.25, -0.2) is 13.4 Å². The van der Waals surface area contributed by atoms with Gasteiger partial charge in [0.2, 0.25) is 5.91 Å². The van der Waals surface area contributed by atoms with Crippen LogP contribution in [0.3, 0.4) is 0 Å². The Morgan fingerprint density at radius 2 is 1.90 bits per heavy atom. The molecule has 0 radical (unpaired) electrons. The van der Waals surface area contributed by atoms with Gasteiger partial charge in [-0.2, -0.15) is 0 Å². The van der Waals surface area contributed by atoms with Crippen molar-refractivity contribution in [3.8, 4) is 11.5 Å². The van der Waals surface area contributed by atoms with E-state index in [0.29, 0.717) is 54.0 Å². The number of H-pyrrole nitrogens is 1. The Morgan fingerprint density at radius 3 is 2.66 bits per heavy atom. The van der Waals surface area contributed by atoms with Crippen molar-refractivity contribution in [2.75, 3.05) is 24.3 Å². The summed E-state index contributed by atoms with van der Waals surface area (Å²) in [5.41, 5.74) is 8.59.